The van der Waals surface area contributed by atoms with E-state index in [0.717, 1.165) is 0 Å². The predicted molar refractivity (Wildman–Crippen MR) is 50.4 cm³/mol. The monoisotopic (exact) mass is 246 g/mol. The first kappa shape index (κ1) is 15.6. The molecule has 0 aromatic heterocycles. The van der Waals surface area contributed by atoms with Crippen molar-refractivity contribution < 1.29 is 32.1 Å². The van der Waals surface area contributed by atoms with Crippen molar-refractivity contribution in [3.63, 3.8) is 0 Å². The van der Waals surface area contributed by atoms with Crippen LogP contribution in [0.15, 0.2) is 0 Å². The highest BCUT2D eigenvalue weighted by atomic mass is 19.4. The molecule has 0 heterocycles. The number of rotatable bonds is 10. The third-order valence-corrected chi connectivity index (χ3v) is 1.44. The van der Waals surface area contributed by atoms with E-state index in [1.54, 1.807) is 7.11 Å². The fourth-order valence-corrected chi connectivity index (χ4v) is 0.770. The fraction of sp³-hybridized carbons (Fsp3) is 1.00. The van der Waals surface area contributed by atoms with Crippen molar-refractivity contribution in [3.8, 4) is 0 Å². The lowest BCUT2D eigenvalue weighted by Gasteiger charge is -2.08. The summed E-state index contributed by atoms with van der Waals surface area (Å²) in [5, 5.41) is 0. The Balaban J connectivity index is 2.99. The maximum Gasteiger partial charge on any atom is 0.411 e. The number of methoxy groups -OCH3 is 1. The average Bonchev–Trinajstić information content (AvgIpc) is 2.19. The minimum Gasteiger partial charge on any atom is -0.382 e. The maximum atomic E-state index is 11.6. The first-order valence-corrected chi connectivity index (χ1v) is 4.85. The Hall–Kier alpha value is -0.370. The van der Waals surface area contributed by atoms with Crippen molar-refractivity contribution in [1.29, 1.82) is 0 Å². The molecule has 0 unspecified atom stereocenters. The molecule has 0 N–H and O–H groups in total. The van der Waals surface area contributed by atoms with E-state index in [-0.39, 0.29) is 13.2 Å². The summed E-state index contributed by atoms with van der Waals surface area (Å²) in [7, 11) is 1.57. The molecule has 0 bridgehead atoms. The van der Waals surface area contributed by atoms with Gasteiger partial charge in [0.15, 0.2) is 0 Å². The van der Waals surface area contributed by atoms with Crippen molar-refractivity contribution in [1.82, 2.24) is 0 Å². The topological polar surface area (TPSA) is 36.9 Å². The summed E-state index contributed by atoms with van der Waals surface area (Å²) in [4.78, 5) is 0. The smallest absolute Gasteiger partial charge is 0.382 e. The first-order chi connectivity index (χ1) is 7.56. The van der Waals surface area contributed by atoms with E-state index in [4.69, 9.17) is 14.2 Å². The van der Waals surface area contributed by atoms with Gasteiger partial charge in [-0.3, -0.25) is 0 Å². The molecule has 0 saturated carbocycles. The molecule has 0 spiro atoms. The van der Waals surface area contributed by atoms with Crippen molar-refractivity contribution in [3.05, 3.63) is 0 Å². The van der Waals surface area contributed by atoms with Crippen LogP contribution in [-0.2, 0) is 18.9 Å². The Morgan fingerprint density at radius 2 is 1.19 bits per heavy atom. The van der Waals surface area contributed by atoms with E-state index in [1.807, 2.05) is 0 Å². The van der Waals surface area contributed by atoms with Gasteiger partial charge in [0.2, 0.25) is 0 Å². The van der Waals surface area contributed by atoms with Crippen LogP contribution >= 0.6 is 0 Å². The number of ether oxygens (including phenoxy) is 4. The van der Waals surface area contributed by atoms with Crippen LogP contribution in [0.4, 0.5) is 13.2 Å². The highest BCUT2D eigenvalue weighted by Crippen LogP contribution is 2.13. The van der Waals surface area contributed by atoms with Crippen molar-refractivity contribution in [2.45, 2.75) is 6.18 Å². The molecule has 0 atom stereocenters. The maximum absolute atomic E-state index is 11.6. The van der Waals surface area contributed by atoms with E-state index in [2.05, 4.69) is 4.74 Å². The Labute approximate surface area is 92.6 Å². The van der Waals surface area contributed by atoms with Gasteiger partial charge in [0.25, 0.3) is 0 Å². The average molecular weight is 246 g/mol. The molecule has 0 radical (unpaired) electrons. The van der Waals surface area contributed by atoms with Crippen molar-refractivity contribution >= 4 is 0 Å². The van der Waals surface area contributed by atoms with E-state index < -0.39 is 12.8 Å². The van der Waals surface area contributed by atoms with E-state index in [0.29, 0.717) is 26.4 Å². The predicted octanol–water partition coefficient (Wildman–Crippen LogP) is 1.24. The normalized spacial score (nSPS) is 12.0. The third kappa shape index (κ3) is 13.6. The van der Waals surface area contributed by atoms with Crippen LogP contribution in [-0.4, -0.2) is 59.5 Å². The van der Waals surface area contributed by atoms with Gasteiger partial charge in [-0.05, 0) is 0 Å². The summed E-state index contributed by atoms with van der Waals surface area (Å²) in [6.07, 6.45) is -4.27. The zero-order chi connectivity index (χ0) is 12.3. The Kier molecular flexibility index (Phi) is 9.60. The number of halogens is 3. The van der Waals surface area contributed by atoms with Crippen LogP contribution in [0.2, 0.25) is 0 Å². The van der Waals surface area contributed by atoms with Gasteiger partial charge in [0.05, 0.1) is 39.6 Å². The van der Waals surface area contributed by atoms with Gasteiger partial charge in [-0.15, -0.1) is 0 Å². The lowest BCUT2D eigenvalue weighted by molar-refractivity contribution is -0.176. The van der Waals surface area contributed by atoms with Crippen molar-refractivity contribution in [2.75, 3.05) is 53.4 Å². The zero-order valence-electron chi connectivity index (χ0n) is 9.22. The molecule has 0 aliphatic carbocycles. The van der Waals surface area contributed by atoms with Gasteiger partial charge < -0.3 is 18.9 Å². The molecular formula is C9H17F3O4. The summed E-state index contributed by atoms with van der Waals surface area (Å²) >= 11 is 0. The Morgan fingerprint density at radius 3 is 1.62 bits per heavy atom. The first-order valence-electron chi connectivity index (χ1n) is 4.85. The van der Waals surface area contributed by atoms with Gasteiger partial charge in [-0.1, -0.05) is 0 Å². The van der Waals surface area contributed by atoms with E-state index in [1.165, 1.54) is 0 Å². The molecule has 7 heteroatoms. The van der Waals surface area contributed by atoms with Crippen LogP contribution < -0.4 is 0 Å². The van der Waals surface area contributed by atoms with E-state index >= 15 is 0 Å². The van der Waals surface area contributed by atoms with Crippen LogP contribution in [0.1, 0.15) is 0 Å². The zero-order valence-corrected chi connectivity index (χ0v) is 9.22. The molecule has 16 heavy (non-hydrogen) atoms. The SMILES string of the molecule is COCCOCCOCCOCC(F)(F)F. The molecule has 0 fully saturated rings. The minimum absolute atomic E-state index is 0.0718. The van der Waals surface area contributed by atoms with E-state index in [9.17, 15) is 13.2 Å². The number of hydrogen-bond acceptors (Lipinski definition) is 4. The molecule has 0 aromatic carbocycles. The highest BCUT2D eigenvalue weighted by molar-refractivity contribution is 4.45. The molecular weight excluding hydrogens is 229 g/mol. The van der Waals surface area contributed by atoms with Gasteiger partial charge in [-0.2, -0.15) is 13.2 Å². The summed E-state index contributed by atoms with van der Waals surface area (Å²) in [6, 6.07) is 0. The van der Waals surface area contributed by atoms with Crippen LogP contribution in [0.3, 0.4) is 0 Å². The van der Waals surface area contributed by atoms with Crippen LogP contribution in [0.5, 0.6) is 0 Å². The molecule has 0 aliphatic heterocycles. The minimum atomic E-state index is -4.27. The Morgan fingerprint density at radius 1 is 0.750 bits per heavy atom. The van der Waals surface area contributed by atoms with Gasteiger partial charge >= 0.3 is 6.18 Å². The Bertz CT molecular complexity index is 152. The largest absolute Gasteiger partial charge is 0.411 e. The van der Waals surface area contributed by atoms with Crippen molar-refractivity contribution in [2.24, 2.45) is 0 Å². The standard InChI is InChI=1S/C9H17F3O4/c1-13-2-3-14-4-5-15-6-7-16-8-9(10,11)12/h2-8H2,1H3. The number of alkyl halides is 3. The summed E-state index contributed by atoms with van der Waals surface area (Å²) in [5.74, 6) is 0. The molecule has 0 amide bonds. The van der Waals surface area contributed by atoms with Gasteiger partial charge in [-0.25, -0.2) is 0 Å². The lowest BCUT2D eigenvalue weighted by Crippen LogP contribution is -2.19. The molecule has 0 aliphatic rings. The van der Waals surface area contributed by atoms with Gasteiger partial charge in [0.1, 0.15) is 6.61 Å². The second kappa shape index (κ2) is 9.83. The van der Waals surface area contributed by atoms with Crippen LogP contribution in [0, 0.1) is 0 Å². The quantitative estimate of drug-likeness (QED) is 0.543. The molecule has 0 aromatic rings. The molecule has 98 valence electrons. The second-order valence-electron chi connectivity index (χ2n) is 2.89. The molecule has 0 rings (SSSR count). The summed E-state index contributed by atoms with van der Waals surface area (Å²) < 4.78 is 53.9. The summed E-state index contributed by atoms with van der Waals surface area (Å²) in [5.41, 5.74) is 0. The second-order valence-corrected chi connectivity index (χ2v) is 2.89. The number of hydrogen-bond donors (Lipinski definition) is 0. The fourth-order valence-electron chi connectivity index (χ4n) is 0.770. The molecule has 4 nitrogen and oxygen atoms in total. The molecule has 0 saturated heterocycles. The summed E-state index contributed by atoms with van der Waals surface area (Å²) in [6.45, 7) is 0.531. The lowest BCUT2D eigenvalue weighted by atomic mass is 10.6. The van der Waals surface area contributed by atoms with Gasteiger partial charge in [0, 0.05) is 7.11 Å². The highest BCUT2D eigenvalue weighted by Gasteiger charge is 2.27. The van der Waals surface area contributed by atoms with Crippen LogP contribution in [0.25, 0.3) is 0 Å². The third-order valence-electron chi connectivity index (χ3n) is 1.44.